The molecule has 1 rings (SSSR count). The lowest BCUT2D eigenvalue weighted by Gasteiger charge is -2.21. The molecule has 0 spiro atoms. The molecule has 0 fully saturated rings. The standard InChI is InChI=1S/C15H25N3O2/c1-5-18(10-11-20-4)15(19)17-14-8-6-13(7-9-14)12(2)16-3/h6-9,12,16H,5,10-11H2,1-4H3,(H,17,19). The average molecular weight is 279 g/mol. The van der Waals surface area contributed by atoms with Crippen molar-refractivity contribution in [3.63, 3.8) is 0 Å². The second-order valence-corrected chi connectivity index (χ2v) is 4.63. The van der Waals surface area contributed by atoms with Gasteiger partial charge >= 0.3 is 6.03 Å². The van der Waals surface area contributed by atoms with E-state index in [-0.39, 0.29) is 6.03 Å². The molecular formula is C15H25N3O2. The van der Waals surface area contributed by atoms with E-state index in [1.807, 2.05) is 38.2 Å². The van der Waals surface area contributed by atoms with Crippen LogP contribution in [0.15, 0.2) is 24.3 Å². The largest absolute Gasteiger partial charge is 0.383 e. The van der Waals surface area contributed by atoms with Crippen molar-refractivity contribution < 1.29 is 9.53 Å². The molecule has 112 valence electrons. The van der Waals surface area contributed by atoms with Crippen molar-refractivity contribution in [2.24, 2.45) is 0 Å². The van der Waals surface area contributed by atoms with Gasteiger partial charge in [0.1, 0.15) is 0 Å². The predicted molar refractivity (Wildman–Crippen MR) is 82.1 cm³/mol. The molecule has 1 aromatic carbocycles. The third-order valence-electron chi connectivity index (χ3n) is 3.33. The molecule has 2 amide bonds. The minimum Gasteiger partial charge on any atom is -0.383 e. The van der Waals surface area contributed by atoms with Gasteiger partial charge < -0.3 is 20.3 Å². The fraction of sp³-hybridized carbons (Fsp3) is 0.533. The number of nitrogens with zero attached hydrogens (tertiary/aromatic N) is 1. The first-order valence-corrected chi connectivity index (χ1v) is 6.94. The Morgan fingerprint density at radius 3 is 2.50 bits per heavy atom. The Morgan fingerprint density at radius 2 is 2.00 bits per heavy atom. The van der Waals surface area contributed by atoms with Crippen molar-refractivity contribution >= 4 is 11.7 Å². The molecule has 1 unspecified atom stereocenters. The molecular weight excluding hydrogens is 254 g/mol. The molecule has 0 aliphatic carbocycles. The summed E-state index contributed by atoms with van der Waals surface area (Å²) in [5.74, 6) is 0. The number of carbonyl (C=O) groups excluding carboxylic acids is 1. The highest BCUT2D eigenvalue weighted by molar-refractivity contribution is 5.89. The first-order valence-electron chi connectivity index (χ1n) is 6.94. The number of rotatable bonds is 7. The number of nitrogens with one attached hydrogen (secondary N) is 2. The second-order valence-electron chi connectivity index (χ2n) is 4.63. The Balaban J connectivity index is 2.60. The molecule has 5 heteroatoms. The third kappa shape index (κ3) is 4.83. The van der Waals surface area contributed by atoms with Gasteiger partial charge in [0.2, 0.25) is 0 Å². The van der Waals surface area contributed by atoms with Gasteiger partial charge in [-0.3, -0.25) is 0 Å². The van der Waals surface area contributed by atoms with Crippen LogP contribution >= 0.6 is 0 Å². The fourth-order valence-electron chi connectivity index (χ4n) is 1.83. The van der Waals surface area contributed by atoms with Gasteiger partial charge in [-0.15, -0.1) is 0 Å². The monoisotopic (exact) mass is 279 g/mol. The van der Waals surface area contributed by atoms with Crippen LogP contribution in [0.2, 0.25) is 0 Å². The van der Waals surface area contributed by atoms with Gasteiger partial charge in [-0.2, -0.15) is 0 Å². The number of likely N-dealkylation sites (N-methyl/N-ethyl adjacent to an activating group) is 1. The van der Waals surface area contributed by atoms with Crippen LogP contribution in [0, 0.1) is 0 Å². The average Bonchev–Trinajstić information content (AvgIpc) is 2.48. The van der Waals surface area contributed by atoms with E-state index in [1.54, 1.807) is 12.0 Å². The van der Waals surface area contributed by atoms with Gasteiger partial charge in [0.25, 0.3) is 0 Å². The molecule has 0 bridgehead atoms. The van der Waals surface area contributed by atoms with Gasteiger partial charge in [-0.1, -0.05) is 12.1 Å². The zero-order valence-corrected chi connectivity index (χ0v) is 12.8. The number of benzene rings is 1. The lowest BCUT2D eigenvalue weighted by molar-refractivity contribution is 0.157. The summed E-state index contributed by atoms with van der Waals surface area (Å²) >= 11 is 0. The van der Waals surface area contributed by atoms with Crippen molar-refractivity contribution in [2.75, 3.05) is 39.2 Å². The molecule has 0 radical (unpaired) electrons. The maximum absolute atomic E-state index is 12.1. The Morgan fingerprint density at radius 1 is 1.35 bits per heavy atom. The molecule has 0 aliphatic heterocycles. The molecule has 1 atom stereocenters. The number of carbonyl (C=O) groups is 1. The van der Waals surface area contributed by atoms with Crippen LogP contribution in [0.1, 0.15) is 25.5 Å². The molecule has 0 saturated heterocycles. The molecule has 0 heterocycles. The normalized spacial score (nSPS) is 12.0. The van der Waals surface area contributed by atoms with Gasteiger partial charge in [-0.25, -0.2) is 4.79 Å². The van der Waals surface area contributed by atoms with Crippen molar-refractivity contribution in [3.05, 3.63) is 29.8 Å². The van der Waals surface area contributed by atoms with E-state index in [0.29, 0.717) is 25.7 Å². The molecule has 0 saturated carbocycles. The zero-order valence-electron chi connectivity index (χ0n) is 12.8. The number of hydrogen-bond donors (Lipinski definition) is 2. The van der Waals surface area contributed by atoms with Crippen molar-refractivity contribution in [1.82, 2.24) is 10.2 Å². The van der Waals surface area contributed by atoms with Gasteiger partial charge in [0.15, 0.2) is 0 Å². The summed E-state index contributed by atoms with van der Waals surface area (Å²) in [6.07, 6.45) is 0. The Bertz CT molecular complexity index is 406. The summed E-state index contributed by atoms with van der Waals surface area (Å²) in [6, 6.07) is 8.08. The van der Waals surface area contributed by atoms with Crippen LogP contribution in [0.5, 0.6) is 0 Å². The Labute approximate surface area is 121 Å². The fourth-order valence-corrected chi connectivity index (χ4v) is 1.83. The summed E-state index contributed by atoms with van der Waals surface area (Å²) < 4.78 is 5.00. The van der Waals surface area contributed by atoms with Crippen LogP contribution in [-0.2, 0) is 4.74 Å². The molecule has 0 aliphatic rings. The first kappa shape index (κ1) is 16.5. The Kier molecular flexibility index (Phi) is 7.04. The van der Waals surface area contributed by atoms with Crippen molar-refractivity contribution in [3.8, 4) is 0 Å². The zero-order chi connectivity index (χ0) is 15.0. The lowest BCUT2D eigenvalue weighted by atomic mass is 10.1. The summed E-state index contributed by atoms with van der Waals surface area (Å²) in [7, 11) is 3.56. The highest BCUT2D eigenvalue weighted by Gasteiger charge is 2.11. The quantitative estimate of drug-likeness (QED) is 0.806. The maximum atomic E-state index is 12.1. The number of amides is 2. The molecule has 0 aromatic heterocycles. The summed E-state index contributed by atoms with van der Waals surface area (Å²) in [5.41, 5.74) is 2.00. The summed E-state index contributed by atoms with van der Waals surface area (Å²) in [6.45, 7) is 5.84. The van der Waals surface area contributed by atoms with Gasteiger partial charge in [0.05, 0.1) is 6.61 Å². The van der Waals surface area contributed by atoms with E-state index >= 15 is 0 Å². The highest BCUT2D eigenvalue weighted by Crippen LogP contribution is 2.15. The number of anilines is 1. The summed E-state index contributed by atoms with van der Waals surface area (Å²) in [5, 5.41) is 6.08. The number of hydrogen-bond acceptors (Lipinski definition) is 3. The highest BCUT2D eigenvalue weighted by atomic mass is 16.5. The van der Waals surface area contributed by atoms with Crippen LogP contribution in [0.4, 0.5) is 10.5 Å². The Hall–Kier alpha value is -1.59. The van der Waals surface area contributed by atoms with Crippen molar-refractivity contribution in [1.29, 1.82) is 0 Å². The smallest absolute Gasteiger partial charge is 0.321 e. The molecule has 20 heavy (non-hydrogen) atoms. The van der Waals surface area contributed by atoms with Crippen molar-refractivity contribution in [2.45, 2.75) is 19.9 Å². The van der Waals surface area contributed by atoms with E-state index in [9.17, 15) is 4.79 Å². The number of methoxy groups -OCH3 is 1. The number of urea groups is 1. The predicted octanol–water partition coefficient (Wildman–Crippen LogP) is 2.47. The minimum atomic E-state index is -0.0982. The van der Waals surface area contributed by atoms with Crippen LogP contribution in [0.25, 0.3) is 0 Å². The third-order valence-corrected chi connectivity index (χ3v) is 3.33. The SMILES string of the molecule is CCN(CCOC)C(=O)Nc1ccc(C(C)NC)cc1. The molecule has 5 nitrogen and oxygen atoms in total. The first-order chi connectivity index (χ1) is 9.62. The molecule has 2 N–H and O–H groups in total. The van der Waals surface area contributed by atoms with E-state index in [4.69, 9.17) is 4.74 Å². The molecule has 1 aromatic rings. The van der Waals surface area contributed by atoms with E-state index in [2.05, 4.69) is 17.6 Å². The van der Waals surface area contributed by atoms with Crippen LogP contribution < -0.4 is 10.6 Å². The van der Waals surface area contributed by atoms with E-state index < -0.39 is 0 Å². The van der Waals surface area contributed by atoms with Gasteiger partial charge in [0, 0.05) is 31.9 Å². The van der Waals surface area contributed by atoms with Crippen LogP contribution in [0.3, 0.4) is 0 Å². The topological polar surface area (TPSA) is 53.6 Å². The number of ether oxygens (including phenoxy) is 1. The van der Waals surface area contributed by atoms with E-state index in [1.165, 1.54) is 5.56 Å². The maximum Gasteiger partial charge on any atom is 0.321 e. The second kappa shape index (κ2) is 8.55. The van der Waals surface area contributed by atoms with Crippen LogP contribution in [-0.4, -0.2) is 44.8 Å². The lowest BCUT2D eigenvalue weighted by Crippen LogP contribution is -2.37. The van der Waals surface area contributed by atoms with E-state index in [0.717, 1.165) is 5.69 Å². The van der Waals surface area contributed by atoms with Gasteiger partial charge in [-0.05, 0) is 38.6 Å². The minimum absolute atomic E-state index is 0.0982. The summed E-state index contributed by atoms with van der Waals surface area (Å²) in [4.78, 5) is 13.8.